The van der Waals surface area contributed by atoms with Gasteiger partial charge in [0.25, 0.3) is 0 Å². The Bertz CT molecular complexity index is 915. The highest BCUT2D eigenvalue weighted by atomic mass is 16.5. The lowest BCUT2D eigenvalue weighted by Crippen LogP contribution is -2.45. The quantitative estimate of drug-likeness (QED) is 0.746. The van der Waals surface area contributed by atoms with Crippen LogP contribution in [0.3, 0.4) is 0 Å². The maximum Gasteiger partial charge on any atom is 0.150 e. The topological polar surface area (TPSA) is 45.3 Å². The molecule has 0 saturated carbocycles. The van der Waals surface area contributed by atoms with Gasteiger partial charge < -0.3 is 19.4 Å². The Morgan fingerprint density at radius 3 is 2.88 bits per heavy atom. The molecular formula is C20H20N2O2. The second-order valence-electron chi connectivity index (χ2n) is 6.21. The molecule has 4 heteroatoms. The minimum absolute atomic E-state index is 0.652. The van der Waals surface area contributed by atoms with Crippen molar-refractivity contribution in [2.24, 2.45) is 0 Å². The molecule has 3 aromatic rings. The van der Waals surface area contributed by atoms with E-state index in [0.29, 0.717) is 6.42 Å². The zero-order valence-corrected chi connectivity index (χ0v) is 13.9. The van der Waals surface area contributed by atoms with Crippen molar-refractivity contribution in [1.82, 2.24) is 4.98 Å². The molecule has 1 N–H and O–H groups in total. The van der Waals surface area contributed by atoms with E-state index >= 15 is 0 Å². The number of H-pyrrole nitrogens is 1. The molecule has 1 atom stereocenters. The van der Waals surface area contributed by atoms with Crippen LogP contribution in [0.15, 0.2) is 48.7 Å². The summed E-state index contributed by atoms with van der Waals surface area (Å²) in [6, 6.07) is 14.2. The summed E-state index contributed by atoms with van der Waals surface area (Å²) < 4.78 is 5.36. The zero-order chi connectivity index (χ0) is 16.7. The molecule has 0 bridgehead atoms. The molecule has 0 aliphatic carbocycles. The molecule has 1 aliphatic heterocycles. The van der Waals surface area contributed by atoms with Crippen molar-refractivity contribution in [3.05, 3.63) is 59.8 Å². The van der Waals surface area contributed by atoms with Crippen LogP contribution in [-0.2, 0) is 16.8 Å². The largest absolute Gasteiger partial charge is 0.497 e. The summed E-state index contributed by atoms with van der Waals surface area (Å²) in [5.41, 5.74) is 3.66. The fraction of sp³-hybridized carbons (Fsp3) is 0.250. The molecule has 0 saturated heterocycles. The summed E-state index contributed by atoms with van der Waals surface area (Å²) in [6.45, 7) is 2.85. The van der Waals surface area contributed by atoms with Crippen molar-refractivity contribution in [3.63, 3.8) is 0 Å². The van der Waals surface area contributed by atoms with Crippen LogP contribution >= 0.6 is 0 Å². The van der Waals surface area contributed by atoms with Gasteiger partial charge in [0.1, 0.15) is 11.3 Å². The van der Waals surface area contributed by atoms with Crippen molar-refractivity contribution in [2.75, 3.05) is 18.6 Å². The molecule has 24 heavy (non-hydrogen) atoms. The normalized spacial score (nSPS) is 19.5. The maximum atomic E-state index is 12.4. The molecule has 2 aromatic carbocycles. The van der Waals surface area contributed by atoms with Gasteiger partial charge in [-0.05, 0) is 36.8 Å². The summed E-state index contributed by atoms with van der Waals surface area (Å²) in [4.78, 5) is 17.9. The van der Waals surface area contributed by atoms with E-state index in [9.17, 15) is 4.79 Å². The number of benzene rings is 2. The standard InChI is InChI=1S/C20H20N2O2/c1-3-22-19-9-8-15(24-2)10-14(19)11-20(22,13-23)17-12-21-18-7-5-4-6-16(17)18/h4-10,12-13,21H,3,11H2,1-2H3. The molecule has 1 aromatic heterocycles. The number of hydrogen-bond acceptors (Lipinski definition) is 3. The number of para-hydroxylation sites is 1. The number of ether oxygens (including phenoxy) is 1. The Balaban J connectivity index is 1.92. The number of aromatic nitrogens is 1. The van der Waals surface area contributed by atoms with Gasteiger partial charge in [-0.1, -0.05) is 18.2 Å². The number of carbonyl (C=O) groups excluding carboxylic acids is 1. The van der Waals surface area contributed by atoms with Crippen molar-refractivity contribution in [3.8, 4) is 5.75 Å². The van der Waals surface area contributed by atoms with Crippen molar-refractivity contribution >= 4 is 22.9 Å². The number of likely N-dealkylation sites (N-methyl/N-ethyl adjacent to an activating group) is 1. The minimum Gasteiger partial charge on any atom is -0.497 e. The smallest absolute Gasteiger partial charge is 0.150 e. The highest BCUT2D eigenvalue weighted by molar-refractivity contribution is 5.92. The summed E-state index contributed by atoms with van der Waals surface area (Å²) in [7, 11) is 1.67. The van der Waals surface area contributed by atoms with E-state index in [2.05, 4.69) is 28.9 Å². The van der Waals surface area contributed by atoms with Crippen LogP contribution in [-0.4, -0.2) is 24.9 Å². The summed E-state index contributed by atoms with van der Waals surface area (Å²) >= 11 is 0. The van der Waals surface area contributed by atoms with E-state index in [-0.39, 0.29) is 0 Å². The first kappa shape index (κ1) is 14.8. The highest BCUT2D eigenvalue weighted by Crippen LogP contribution is 2.46. The fourth-order valence-corrected chi connectivity index (χ4v) is 3.99. The Morgan fingerprint density at radius 1 is 1.29 bits per heavy atom. The Kier molecular flexibility index (Phi) is 3.34. The van der Waals surface area contributed by atoms with Gasteiger partial charge in [0.05, 0.1) is 7.11 Å². The number of rotatable bonds is 4. The van der Waals surface area contributed by atoms with E-state index in [1.165, 1.54) is 0 Å². The van der Waals surface area contributed by atoms with E-state index in [1.54, 1.807) is 7.11 Å². The number of aromatic amines is 1. The van der Waals surface area contributed by atoms with Crippen LogP contribution in [0, 0.1) is 0 Å². The predicted octanol–water partition coefficient (Wildman–Crippen LogP) is 3.65. The number of fused-ring (bicyclic) bond motifs is 2. The monoisotopic (exact) mass is 320 g/mol. The molecule has 2 heterocycles. The average molecular weight is 320 g/mol. The Hall–Kier alpha value is -2.75. The van der Waals surface area contributed by atoms with Crippen LogP contribution in [0.5, 0.6) is 5.75 Å². The number of carbonyl (C=O) groups is 1. The number of hydrogen-bond donors (Lipinski definition) is 1. The molecule has 0 amide bonds. The molecule has 122 valence electrons. The van der Waals surface area contributed by atoms with E-state index < -0.39 is 5.54 Å². The lowest BCUT2D eigenvalue weighted by atomic mass is 9.87. The number of aldehydes is 1. The van der Waals surface area contributed by atoms with Crippen LogP contribution in [0.4, 0.5) is 5.69 Å². The van der Waals surface area contributed by atoms with Gasteiger partial charge in [0.15, 0.2) is 6.29 Å². The zero-order valence-electron chi connectivity index (χ0n) is 13.9. The molecule has 1 unspecified atom stereocenters. The van der Waals surface area contributed by atoms with Gasteiger partial charge in [-0.25, -0.2) is 0 Å². The van der Waals surface area contributed by atoms with Crippen molar-refractivity contribution < 1.29 is 9.53 Å². The molecular weight excluding hydrogens is 300 g/mol. The second kappa shape index (κ2) is 5.41. The van der Waals surface area contributed by atoms with Gasteiger partial charge >= 0.3 is 0 Å². The van der Waals surface area contributed by atoms with Crippen molar-refractivity contribution in [1.29, 1.82) is 0 Å². The fourth-order valence-electron chi connectivity index (χ4n) is 3.99. The third kappa shape index (κ3) is 1.89. The second-order valence-corrected chi connectivity index (χ2v) is 6.21. The van der Waals surface area contributed by atoms with Crippen LogP contribution in [0.1, 0.15) is 18.1 Å². The molecule has 0 radical (unpaired) electrons. The van der Waals surface area contributed by atoms with Crippen LogP contribution in [0.2, 0.25) is 0 Å². The summed E-state index contributed by atoms with van der Waals surface area (Å²) in [6.07, 6.45) is 3.72. The van der Waals surface area contributed by atoms with Crippen molar-refractivity contribution in [2.45, 2.75) is 18.9 Å². The van der Waals surface area contributed by atoms with Crippen LogP contribution < -0.4 is 9.64 Å². The summed E-state index contributed by atoms with van der Waals surface area (Å²) in [5.74, 6) is 0.824. The van der Waals surface area contributed by atoms with Gasteiger partial charge in [0.2, 0.25) is 0 Å². The van der Waals surface area contributed by atoms with E-state index in [0.717, 1.165) is 46.3 Å². The number of nitrogens with one attached hydrogen (secondary N) is 1. The van der Waals surface area contributed by atoms with Gasteiger partial charge in [-0.15, -0.1) is 0 Å². The molecule has 4 rings (SSSR count). The Morgan fingerprint density at radius 2 is 2.12 bits per heavy atom. The SMILES string of the molecule is CCN1c2ccc(OC)cc2CC1(C=O)c1c[nH]c2ccccc12. The predicted molar refractivity (Wildman–Crippen MR) is 95.8 cm³/mol. The third-order valence-electron chi connectivity index (χ3n) is 5.09. The lowest BCUT2D eigenvalue weighted by Gasteiger charge is -2.35. The Labute approximate surface area is 141 Å². The van der Waals surface area contributed by atoms with E-state index in [1.807, 2.05) is 36.5 Å². The lowest BCUT2D eigenvalue weighted by molar-refractivity contribution is -0.112. The van der Waals surface area contributed by atoms with Gasteiger partial charge in [-0.3, -0.25) is 0 Å². The first-order chi connectivity index (χ1) is 11.7. The molecule has 0 spiro atoms. The van der Waals surface area contributed by atoms with Crippen LogP contribution in [0.25, 0.3) is 10.9 Å². The maximum absolute atomic E-state index is 12.4. The van der Waals surface area contributed by atoms with Gasteiger partial charge in [0, 0.05) is 41.3 Å². The molecule has 0 fully saturated rings. The van der Waals surface area contributed by atoms with Gasteiger partial charge in [-0.2, -0.15) is 0 Å². The average Bonchev–Trinajstić information content (AvgIpc) is 3.19. The number of nitrogens with zero attached hydrogens (tertiary/aromatic N) is 1. The highest BCUT2D eigenvalue weighted by Gasteiger charge is 2.46. The van der Waals surface area contributed by atoms with E-state index in [4.69, 9.17) is 4.74 Å². The molecule has 1 aliphatic rings. The number of anilines is 1. The first-order valence-corrected chi connectivity index (χ1v) is 8.21. The minimum atomic E-state index is -0.678. The number of methoxy groups -OCH3 is 1. The molecule has 4 nitrogen and oxygen atoms in total. The summed E-state index contributed by atoms with van der Waals surface area (Å²) in [5, 5.41) is 1.10. The first-order valence-electron chi connectivity index (χ1n) is 8.21. The third-order valence-corrected chi connectivity index (χ3v) is 5.09.